The van der Waals surface area contributed by atoms with E-state index < -0.39 is 31.3 Å². The number of halogens is 2. The lowest BCUT2D eigenvalue weighted by Gasteiger charge is -2.08. The van der Waals surface area contributed by atoms with E-state index >= 15 is 0 Å². The molecule has 4 atom stereocenters. The maximum absolute atomic E-state index is 12.7. The summed E-state index contributed by atoms with van der Waals surface area (Å²) in [6, 6.07) is 0. The Balaban J connectivity index is 2.53. The van der Waals surface area contributed by atoms with E-state index in [4.69, 9.17) is 5.11 Å². The summed E-state index contributed by atoms with van der Waals surface area (Å²) in [5, 5.41) is 8.48. The molecule has 0 unspecified atom stereocenters. The van der Waals surface area contributed by atoms with Crippen LogP contribution < -0.4 is 0 Å². The molecule has 0 radical (unpaired) electrons. The molecule has 1 fully saturated rings. The molecule has 0 aromatic rings. The third-order valence-electron chi connectivity index (χ3n) is 1.64. The van der Waals surface area contributed by atoms with E-state index in [9.17, 15) is 8.78 Å². The molecule has 0 bridgehead atoms. The molecule has 0 aromatic heterocycles. The molecule has 1 N–H and O–H groups in total. The van der Waals surface area contributed by atoms with Gasteiger partial charge in [0.2, 0.25) is 0 Å². The zero-order valence-corrected chi connectivity index (χ0v) is 6.04. The summed E-state index contributed by atoms with van der Waals surface area (Å²) >= 11 is 0. The van der Waals surface area contributed by atoms with Crippen molar-refractivity contribution >= 4 is 0 Å². The van der Waals surface area contributed by atoms with Gasteiger partial charge in [0.1, 0.15) is 6.10 Å². The minimum Gasteiger partial charge on any atom is -0.394 e. The van der Waals surface area contributed by atoms with Crippen LogP contribution in [0.3, 0.4) is 0 Å². The number of aliphatic hydroxyl groups is 1. The number of hydrogen-bond acceptors (Lipinski definition) is 3. The van der Waals surface area contributed by atoms with Gasteiger partial charge in [-0.15, -0.1) is 0 Å². The van der Waals surface area contributed by atoms with Crippen LogP contribution in [0.15, 0.2) is 0 Å². The highest BCUT2D eigenvalue weighted by Gasteiger charge is 2.45. The van der Waals surface area contributed by atoms with Crippen LogP contribution in [-0.2, 0) is 9.47 Å². The average molecular weight is 168 g/mol. The van der Waals surface area contributed by atoms with Crippen LogP contribution in [0.4, 0.5) is 8.78 Å². The maximum Gasteiger partial charge on any atom is 0.192 e. The third-order valence-corrected chi connectivity index (χ3v) is 1.64. The first kappa shape index (κ1) is 8.83. The SMILES string of the molecule is CO[C@H]1O[C@H](CO)[C@@H](F)[C@@H]1F. The lowest BCUT2D eigenvalue weighted by atomic mass is 10.2. The summed E-state index contributed by atoms with van der Waals surface area (Å²) in [5.74, 6) is 0. The van der Waals surface area contributed by atoms with Gasteiger partial charge in [-0.2, -0.15) is 0 Å². The molecule has 66 valence electrons. The van der Waals surface area contributed by atoms with Crippen LogP contribution in [0, 0.1) is 0 Å². The first-order valence-electron chi connectivity index (χ1n) is 3.28. The van der Waals surface area contributed by atoms with Gasteiger partial charge in [0.05, 0.1) is 6.61 Å². The highest BCUT2D eigenvalue weighted by atomic mass is 19.2. The number of rotatable bonds is 2. The summed E-state index contributed by atoms with van der Waals surface area (Å²) in [5.41, 5.74) is 0. The van der Waals surface area contributed by atoms with E-state index in [1.807, 2.05) is 0 Å². The molecule has 1 rings (SSSR count). The minimum absolute atomic E-state index is 0.526. The summed E-state index contributed by atoms with van der Waals surface area (Å²) in [6.07, 6.45) is -5.85. The summed E-state index contributed by atoms with van der Waals surface area (Å²) < 4.78 is 34.5. The lowest BCUT2D eigenvalue weighted by molar-refractivity contribution is -0.141. The third kappa shape index (κ3) is 1.50. The molecule has 1 heterocycles. The summed E-state index contributed by atoms with van der Waals surface area (Å²) in [4.78, 5) is 0. The van der Waals surface area contributed by atoms with Crippen molar-refractivity contribution in [3.63, 3.8) is 0 Å². The molecule has 1 aliphatic heterocycles. The monoisotopic (exact) mass is 168 g/mol. The van der Waals surface area contributed by atoms with Crippen LogP contribution in [0.2, 0.25) is 0 Å². The second-order valence-corrected chi connectivity index (χ2v) is 2.35. The molecule has 1 aliphatic rings. The van der Waals surface area contributed by atoms with Crippen molar-refractivity contribution in [2.45, 2.75) is 24.7 Å². The Labute approximate surface area is 62.9 Å². The number of hydrogen-bond donors (Lipinski definition) is 1. The van der Waals surface area contributed by atoms with Crippen LogP contribution >= 0.6 is 0 Å². The second kappa shape index (κ2) is 3.42. The van der Waals surface area contributed by atoms with Crippen LogP contribution in [-0.4, -0.2) is 43.6 Å². The summed E-state index contributed by atoms with van der Waals surface area (Å²) in [7, 11) is 1.23. The fourth-order valence-corrected chi connectivity index (χ4v) is 1.01. The molecule has 0 spiro atoms. The van der Waals surface area contributed by atoms with Crippen LogP contribution in [0.5, 0.6) is 0 Å². The van der Waals surface area contributed by atoms with E-state index in [2.05, 4.69) is 9.47 Å². The van der Waals surface area contributed by atoms with E-state index in [1.54, 1.807) is 0 Å². The van der Waals surface area contributed by atoms with Gasteiger partial charge in [0.25, 0.3) is 0 Å². The Kier molecular flexibility index (Phi) is 2.75. The Bertz CT molecular complexity index is 115. The molecule has 0 aromatic carbocycles. The maximum atomic E-state index is 12.7. The van der Waals surface area contributed by atoms with Gasteiger partial charge in [-0.25, -0.2) is 8.78 Å². The minimum atomic E-state index is -1.79. The van der Waals surface area contributed by atoms with Gasteiger partial charge < -0.3 is 14.6 Å². The van der Waals surface area contributed by atoms with Crippen molar-refractivity contribution in [2.75, 3.05) is 13.7 Å². The van der Waals surface area contributed by atoms with Gasteiger partial charge >= 0.3 is 0 Å². The standard InChI is InChI=1S/C6H10F2O3/c1-10-6-5(8)4(7)3(2-9)11-6/h3-6,9H,2H2,1H3/t3-,4-,5+,6+/m1/s1. The van der Waals surface area contributed by atoms with Gasteiger partial charge in [-0.05, 0) is 0 Å². The molecule has 5 heteroatoms. The number of alkyl halides is 2. The molecular formula is C6H10F2O3. The Morgan fingerprint density at radius 1 is 1.45 bits per heavy atom. The fraction of sp³-hybridized carbons (Fsp3) is 1.00. The van der Waals surface area contributed by atoms with Gasteiger partial charge in [-0.1, -0.05) is 0 Å². The first-order valence-corrected chi connectivity index (χ1v) is 3.28. The normalized spacial score (nSPS) is 44.7. The average Bonchev–Trinajstić information content (AvgIpc) is 2.30. The number of aliphatic hydroxyl groups excluding tert-OH is 1. The zero-order chi connectivity index (χ0) is 8.43. The Morgan fingerprint density at radius 3 is 2.36 bits per heavy atom. The summed E-state index contributed by atoms with van der Waals surface area (Å²) in [6.45, 7) is -0.526. The molecule has 0 amide bonds. The van der Waals surface area contributed by atoms with E-state index in [-0.39, 0.29) is 0 Å². The van der Waals surface area contributed by atoms with Crippen molar-refractivity contribution in [1.82, 2.24) is 0 Å². The predicted octanol–water partition coefficient (Wildman–Crippen LogP) is 0.0262. The van der Waals surface area contributed by atoms with E-state index in [1.165, 1.54) is 7.11 Å². The Morgan fingerprint density at radius 2 is 2.09 bits per heavy atom. The van der Waals surface area contributed by atoms with Crippen molar-refractivity contribution in [3.8, 4) is 0 Å². The molecule has 1 saturated heterocycles. The molecule has 11 heavy (non-hydrogen) atoms. The van der Waals surface area contributed by atoms with Crippen LogP contribution in [0.25, 0.3) is 0 Å². The van der Waals surface area contributed by atoms with Gasteiger partial charge in [0, 0.05) is 7.11 Å². The number of ether oxygens (including phenoxy) is 2. The first-order chi connectivity index (χ1) is 5.20. The highest BCUT2D eigenvalue weighted by Crippen LogP contribution is 2.26. The zero-order valence-electron chi connectivity index (χ0n) is 6.04. The van der Waals surface area contributed by atoms with Crippen molar-refractivity contribution in [3.05, 3.63) is 0 Å². The Hall–Kier alpha value is -0.260. The smallest absolute Gasteiger partial charge is 0.192 e. The molecular weight excluding hydrogens is 158 g/mol. The van der Waals surface area contributed by atoms with E-state index in [0.717, 1.165) is 0 Å². The van der Waals surface area contributed by atoms with Crippen LogP contribution in [0.1, 0.15) is 0 Å². The van der Waals surface area contributed by atoms with Crippen molar-refractivity contribution in [1.29, 1.82) is 0 Å². The largest absolute Gasteiger partial charge is 0.394 e. The fourth-order valence-electron chi connectivity index (χ4n) is 1.01. The molecule has 3 nitrogen and oxygen atoms in total. The van der Waals surface area contributed by atoms with Crippen molar-refractivity contribution < 1.29 is 23.4 Å². The lowest BCUT2D eigenvalue weighted by Crippen LogP contribution is -2.27. The molecule has 0 aliphatic carbocycles. The van der Waals surface area contributed by atoms with Gasteiger partial charge in [0.15, 0.2) is 18.6 Å². The quantitative estimate of drug-likeness (QED) is 0.632. The predicted molar refractivity (Wildman–Crippen MR) is 32.5 cm³/mol. The van der Waals surface area contributed by atoms with Gasteiger partial charge in [-0.3, -0.25) is 0 Å². The number of methoxy groups -OCH3 is 1. The van der Waals surface area contributed by atoms with Crippen molar-refractivity contribution in [2.24, 2.45) is 0 Å². The molecule has 0 saturated carbocycles. The topological polar surface area (TPSA) is 38.7 Å². The van der Waals surface area contributed by atoms with E-state index in [0.29, 0.717) is 0 Å². The second-order valence-electron chi connectivity index (χ2n) is 2.35. The highest BCUT2D eigenvalue weighted by molar-refractivity contribution is 4.86.